The number of carbonyl (C=O) groups is 1. The van der Waals surface area contributed by atoms with Crippen LogP contribution in [0.15, 0.2) is 42.5 Å². The zero-order valence-corrected chi connectivity index (χ0v) is 13.6. The topological polar surface area (TPSA) is 76.7 Å². The number of halogens is 2. The Labute approximate surface area is 143 Å². The van der Waals surface area contributed by atoms with Crippen LogP contribution in [-0.2, 0) is 11.3 Å². The number of nitro groups is 1. The first-order valence-electron chi connectivity index (χ1n) is 7.14. The van der Waals surface area contributed by atoms with Gasteiger partial charge in [0.15, 0.2) is 6.54 Å². The summed E-state index contributed by atoms with van der Waals surface area (Å²) in [6.07, 6.45) is 0. The van der Waals surface area contributed by atoms with Crippen LogP contribution in [0.5, 0.6) is 0 Å². The van der Waals surface area contributed by atoms with Crippen molar-refractivity contribution in [3.05, 3.63) is 69.0 Å². The first-order chi connectivity index (χ1) is 11.3. The van der Waals surface area contributed by atoms with E-state index in [1.54, 1.807) is 12.1 Å². The highest BCUT2D eigenvalue weighted by Gasteiger charge is 2.14. The van der Waals surface area contributed by atoms with Gasteiger partial charge in [-0.1, -0.05) is 23.7 Å². The molecule has 2 rings (SSSR count). The third-order valence-electron chi connectivity index (χ3n) is 3.29. The number of rotatable bonds is 6. The van der Waals surface area contributed by atoms with E-state index < -0.39 is 4.92 Å². The van der Waals surface area contributed by atoms with Crippen molar-refractivity contribution >= 4 is 28.9 Å². The third kappa shape index (κ3) is 5.00. The van der Waals surface area contributed by atoms with E-state index in [0.717, 1.165) is 10.5 Å². The molecule has 0 aliphatic carbocycles. The summed E-state index contributed by atoms with van der Waals surface area (Å²) in [6, 6.07) is 10.0. The van der Waals surface area contributed by atoms with Crippen molar-refractivity contribution in [2.24, 2.45) is 0 Å². The Morgan fingerprint density at radius 2 is 2.08 bits per heavy atom. The summed E-state index contributed by atoms with van der Waals surface area (Å²) in [4.78, 5) is 23.0. The molecule has 0 spiro atoms. The Balaban J connectivity index is 1.94. The van der Waals surface area contributed by atoms with Crippen LogP contribution in [0.2, 0.25) is 5.02 Å². The summed E-state index contributed by atoms with van der Waals surface area (Å²) in [5, 5.41) is 13.4. The summed E-state index contributed by atoms with van der Waals surface area (Å²) in [5.41, 5.74) is 0.950. The lowest BCUT2D eigenvalue weighted by atomic mass is 10.2. The molecule has 0 aromatic heterocycles. The van der Waals surface area contributed by atoms with Gasteiger partial charge < -0.3 is 10.2 Å². The molecule has 2 aromatic rings. The minimum Gasteiger partial charge on any atom is -0.326 e. The molecule has 0 heterocycles. The molecule has 1 amide bonds. The Kier molecular flexibility index (Phi) is 5.83. The molecule has 8 heteroatoms. The van der Waals surface area contributed by atoms with Crippen molar-refractivity contribution < 1.29 is 19.0 Å². The molecule has 2 N–H and O–H groups in total. The van der Waals surface area contributed by atoms with Crippen LogP contribution in [0, 0.1) is 15.9 Å². The summed E-state index contributed by atoms with van der Waals surface area (Å²) in [5.74, 6) is -0.609. The normalized spacial score (nSPS) is 11.8. The molecule has 24 heavy (non-hydrogen) atoms. The molecular formula is C16H16ClFN3O3+. The Bertz CT molecular complexity index is 770. The molecular weight excluding hydrogens is 337 g/mol. The van der Waals surface area contributed by atoms with Gasteiger partial charge in [0, 0.05) is 17.7 Å². The van der Waals surface area contributed by atoms with E-state index in [1.165, 1.54) is 30.3 Å². The number of amides is 1. The van der Waals surface area contributed by atoms with Gasteiger partial charge in [0.1, 0.15) is 12.4 Å². The van der Waals surface area contributed by atoms with Gasteiger partial charge in [-0.05, 0) is 18.2 Å². The number of anilines is 1. The largest absolute Gasteiger partial charge is 0.326 e. The van der Waals surface area contributed by atoms with Gasteiger partial charge in [-0.2, -0.15) is 0 Å². The number of hydrogen-bond acceptors (Lipinski definition) is 3. The average molecular weight is 353 g/mol. The van der Waals surface area contributed by atoms with Gasteiger partial charge in [0.2, 0.25) is 0 Å². The van der Waals surface area contributed by atoms with Crippen LogP contribution < -0.4 is 10.2 Å². The van der Waals surface area contributed by atoms with Crippen LogP contribution in [0.3, 0.4) is 0 Å². The Hall–Kier alpha value is -2.51. The van der Waals surface area contributed by atoms with Crippen molar-refractivity contribution in [1.29, 1.82) is 0 Å². The zero-order valence-electron chi connectivity index (χ0n) is 12.9. The number of non-ortho nitro benzene ring substituents is 1. The first kappa shape index (κ1) is 17.8. The highest BCUT2D eigenvalue weighted by atomic mass is 35.5. The van der Waals surface area contributed by atoms with Crippen LogP contribution in [0.25, 0.3) is 0 Å². The molecule has 0 aliphatic heterocycles. The summed E-state index contributed by atoms with van der Waals surface area (Å²) < 4.78 is 13.2. The van der Waals surface area contributed by atoms with Crippen LogP contribution >= 0.6 is 11.6 Å². The quantitative estimate of drug-likeness (QED) is 0.617. The standard InChI is InChI=1S/C16H15ClFN3O3/c1-20(9-11-3-2-4-12(18)7-11)10-16(22)19-15-6-5-13(21(23)24)8-14(15)17/h2-8H,9-10H2,1H3,(H,19,22)/p+1. The average Bonchev–Trinajstić information content (AvgIpc) is 2.48. The van der Waals surface area contributed by atoms with E-state index in [1.807, 2.05) is 7.05 Å². The fourth-order valence-electron chi connectivity index (χ4n) is 2.25. The zero-order chi connectivity index (χ0) is 17.7. The molecule has 0 saturated carbocycles. The maximum atomic E-state index is 13.2. The molecule has 0 aliphatic rings. The molecule has 2 aromatic carbocycles. The maximum Gasteiger partial charge on any atom is 0.279 e. The summed E-state index contributed by atoms with van der Waals surface area (Å²) in [6.45, 7) is 0.628. The van der Waals surface area contributed by atoms with Crippen molar-refractivity contribution in [2.75, 3.05) is 18.9 Å². The number of nitrogens with zero attached hydrogens (tertiary/aromatic N) is 1. The van der Waals surface area contributed by atoms with E-state index in [0.29, 0.717) is 12.2 Å². The lowest BCUT2D eigenvalue weighted by molar-refractivity contribution is -0.885. The van der Waals surface area contributed by atoms with E-state index in [4.69, 9.17) is 11.6 Å². The SMILES string of the molecule is C[NH+](CC(=O)Nc1ccc([N+](=O)[O-])cc1Cl)Cc1cccc(F)c1. The van der Waals surface area contributed by atoms with Crippen molar-refractivity contribution in [3.8, 4) is 0 Å². The van der Waals surface area contributed by atoms with Crippen LogP contribution in [0.1, 0.15) is 5.56 Å². The lowest BCUT2D eigenvalue weighted by Gasteiger charge is -2.14. The molecule has 0 saturated heterocycles. The van der Waals surface area contributed by atoms with Gasteiger partial charge in [0.25, 0.3) is 11.6 Å². The molecule has 0 fully saturated rings. The number of nitro benzene ring substituents is 1. The number of carbonyl (C=O) groups excluding carboxylic acids is 1. The van der Waals surface area contributed by atoms with Crippen molar-refractivity contribution in [2.45, 2.75) is 6.54 Å². The monoisotopic (exact) mass is 352 g/mol. The number of hydrogen-bond donors (Lipinski definition) is 2. The van der Waals surface area contributed by atoms with E-state index in [9.17, 15) is 19.3 Å². The fraction of sp³-hybridized carbons (Fsp3) is 0.188. The van der Waals surface area contributed by atoms with E-state index >= 15 is 0 Å². The summed E-state index contributed by atoms with van der Waals surface area (Å²) >= 11 is 5.93. The molecule has 0 bridgehead atoms. The van der Waals surface area contributed by atoms with E-state index in [2.05, 4.69) is 5.32 Å². The predicted molar refractivity (Wildman–Crippen MR) is 88.6 cm³/mol. The minimum absolute atomic E-state index is 0.0975. The van der Waals surface area contributed by atoms with Gasteiger partial charge >= 0.3 is 0 Å². The minimum atomic E-state index is -0.561. The molecule has 1 unspecified atom stereocenters. The second-order valence-corrected chi connectivity index (χ2v) is 5.82. The second kappa shape index (κ2) is 7.85. The Morgan fingerprint density at radius 3 is 2.71 bits per heavy atom. The van der Waals surface area contributed by atoms with Crippen molar-refractivity contribution in [3.63, 3.8) is 0 Å². The third-order valence-corrected chi connectivity index (χ3v) is 3.61. The predicted octanol–water partition coefficient (Wildman–Crippen LogP) is 2.04. The summed E-state index contributed by atoms with van der Waals surface area (Å²) in [7, 11) is 1.81. The molecule has 0 radical (unpaired) electrons. The van der Waals surface area contributed by atoms with Gasteiger partial charge in [-0.25, -0.2) is 4.39 Å². The second-order valence-electron chi connectivity index (χ2n) is 5.41. The number of benzene rings is 2. The van der Waals surface area contributed by atoms with Gasteiger partial charge in [-0.15, -0.1) is 0 Å². The number of quaternary nitrogens is 1. The molecule has 1 atom stereocenters. The van der Waals surface area contributed by atoms with Gasteiger partial charge in [0.05, 0.1) is 22.7 Å². The Morgan fingerprint density at radius 1 is 1.33 bits per heavy atom. The van der Waals surface area contributed by atoms with Gasteiger partial charge in [-0.3, -0.25) is 14.9 Å². The lowest BCUT2D eigenvalue weighted by Crippen LogP contribution is -3.08. The first-order valence-corrected chi connectivity index (χ1v) is 7.52. The highest BCUT2D eigenvalue weighted by Crippen LogP contribution is 2.26. The van der Waals surface area contributed by atoms with Crippen LogP contribution in [0.4, 0.5) is 15.8 Å². The number of nitrogens with one attached hydrogen (secondary N) is 2. The fourth-order valence-corrected chi connectivity index (χ4v) is 2.47. The smallest absolute Gasteiger partial charge is 0.279 e. The van der Waals surface area contributed by atoms with E-state index in [-0.39, 0.29) is 29.0 Å². The maximum absolute atomic E-state index is 13.2. The van der Waals surface area contributed by atoms with Crippen LogP contribution in [-0.4, -0.2) is 24.4 Å². The highest BCUT2D eigenvalue weighted by molar-refractivity contribution is 6.33. The molecule has 126 valence electrons. The van der Waals surface area contributed by atoms with Crippen molar-refractivity contribution in [1.82, 2.24) is 0 Å². The number of likely N-dealkylation sites (N-methyl/N-ethyl adjacent to an activating group) is 1. The molecule has 6 nitrogen and oxygen atoms in total.